The number of nitrogens with zero attached hydrogens (tertiary/aromatic N) is 2. The van der Waals surface area contributed by atoms with Crippen molar-refractivity contribution in [1.82, 2.24) is 10.2 Å². The van der Waals surface area contributed by atoms with E-state index >= 15 is 0 Å². The van der Waals surface area contributed by atoms with E-state index in [4.69, 9.17) is 10.2 Å². The van der Waals surface area contributed by atoms with Crippen LogP contribution in [0, 0.1) is 0 Å². The summed E-state index contributed by atoms with van der Waals surface area (Å²) in [5.41, 5.74) is 4.10. The molecule has 2 rings (SSSR count). The molecular weight excluding hydrogens is 251 g/mol. The predicted molar refractivity (Wildman–Crippen MR) is 53.3 cm³/mol. The molecule has 0 saturated carbocycles. The Morgan fingerprint density at radius 2 is 2.00 bits per heavy atom. The monoisotopic (exact) mass is 257 g/mol. The molecule has 0 aliphatic heterocycles. The molecule has 0 radical (unpaired) electrons. The second kappa shape index (κ2) is 4.13. The van der Waals surface area contributed by atoms with Gasteiger partial charge in [0.1, 0.15) is 0 Å². The lowest BCUT2D eigenvalue weighted by Crippen LogP contribution is -2.10. The van der Waals surface area contributed by atoms with Crippen molar-refractivity contribution in [1.29, 1.82) is 0 Å². The number of carbonyl (C=O) groups is 1. The van der Waals surface area contributed by atoms with E-state index in [2.05, 4.69) is 10.2 Å². The summed E-state index contributed by atoms with van der Waals surface area (Å²) in [6.45, 7) is 0. The van der Waals surface area contributed by atoms with E-state index in [1.807, 2.05) is 0 Å². The number of halogens is 3. The van der Waals surface area contributed by atoms with Crippen LogP contribution in [0.15, 0.2) is 28.7 Å². The summed E-state index contributed by atoms with van der Waals surface area (Å²) in [7, 11) is 0. The molecule has 94 valence electrons. The minimum Gasteiger partial charge on any atom is -0.412 e. The van der Waals surface area contributed by atoms with Gasteiger partial charge in [0.05, 0.1) is 5.56 Å². The van der Waals surface area contributed by atoms with Crippen LogP contribution in [0.3, 0.4) is 0 Å². The lowest BCUT2D eigenvalue weighted by atomic mass is 10.1. The number of amides is 1. The zero-order valence-electron chi connectivity index (χ0n) is 8.73. The summed E-state index contributed by atoms with van der Waals surface area (Å²) in [5.74, 6) is -1.60. The van der Waals surface area contributed by atoms with Crippen molar-refractivity contribution in [2.45, 2.75) is 6.18 Å². The third-order valence-corrected chi connectivity index (χ3v) is 2.07. The van der Waals surface area contributed by atoms with Crippen LogP contribution in [0.25, 0.3) is 11.5 Å². The molecule has 1 heterocycles. The van der Waals surface area contributed by atoms with E-state index in [9.17, 15) is 18.0 Å². The van der Waals surface area contributed by atoms with Crippen LogP contribution < -0.4 is 5.73 Å². The fourth-order valence-electron chi connectivity index (χ4n) is 1.27. The fourth-order valence-corrected chi connectivity index (χ4v) is 1.27. The van der Waals surface area contributed by atoms with E-state index in [0.717, 1.165) is 12.1 Å². The first-order valence-corrected chi connectivity index (χ1v) is 4.69. The number of hydrogen-bond acceptors (Lipinski definition) is 4. The van der Waals surface area contributed by atoms with Gasteiger partial charge in [0.25, 0.3) is 0 Å². The van der Waals surface area contributed by atoms with Gasteiger partial charge in [-0.2, -0.15) is 13.2 Å². The Morgan fingerprint density at radius 3 is 2.56 bits per heavy atom. The van der Waals surface area contributed by atoms with Crippen LogP contribution in [0.4, 0.5) is 13.2 Å². The predicted octanol–water partition coefficient (Wildman–Crippen LogP) is 1.85. The molecule has 1 aromatic carbocycles. The Kier molecular flexibility index (Phi) is 2.77. The number of alkyl halides is 3. The van der Waals surface area contributed by atoms with Crippen LogP contribution in [0.5, 0.6) is 0 Å². The molecule has 8 heteroatoms. The Hall–Kier alpha value is -2.38. The quantitative estimate of drug-likeness (QED) is 0.890. The van der Waals surface area contributed by atoms with Crippen LogP contribution >= 0.6 is 0 Å². The number of aromatic nitrogens is 2. The van der Waals surface area contributed by atoms with Gasteiger partial charge in [-0.15, -0.1) is 10.2 Å². The maximum absolute atomic E-state index is 12.5. The number of hydrogen-bond donors (Lipinski definition) is 1. The zero-order chi connectivity index (χ0) is 13.3. The smallest absolute Gasteiger partial charge is 0.412 e. The van der Waals surface area contributed by atoms with Gasteiger partial charge in [0.15, 0.2) is 0 Å². The van der Waals surface area contributed by atoms with Gasteiger partial charge in [-0.25, -0.2) is 0 Å². The molecule has 0 unspecified atom stereocenters. The molecule has 2 aromatic rings. The summed E-state index contributed by atoms with van der Waals surface area (Å²) in [6, 6.07) is 4.31. The van der Waals surface area contributed by atoms with Gasteiger partial charge in [0, 0.05) is 5.56 Å². The van der Waals surface area contributed by atoms with Crippen molar-refractivity contribution in [2.24, 2.45) is 5.73 Å². The summed E-state index contributed by atoms with van der Waals surface area (Å²) in [4.78, 5) is 10.7. The van der Waals surface area contributed by atoms with Gasteiger partial charge >= 0.3 is 18.0 Å². The molecule has 0 spiro atoms. The molecular formula is C10H6F3N3O2. The molecule has 0 bridgehead atoms. The maximum Gasteiger partial charge on any atom is 0.416 e. The van der Waals surface area contributed by atoms with Crippen LogP contribution in [-0.4, -0.2) is 16.1 Å². The minimum atomic E-state index is -4.47. The third-order valence-electron chi connectivity index (χ3n) is 2.07. The second-order valence-electron chi connectivity index (χ2n) is 3.36. The van der Waals surface area contributed by atoms with Gasteiger partial charge < -0.3 is 10.2 Å². The Balaban J connectivity index is 2.41. The molecule has 0 aliphatic rings. The van der Waals surface area contributed by atoms with Crippen molar-refractivity contribution in [3.63, 3.8) is 0 Å². The lowest BCUT2D eigenvalue weighted by Gasteiger charge is -2.06. The number of carbonyl (C=O) groups excluding carboxylic acids is 1. The molecule has 1 aromatic heterocycles. The largest absolute Gasteiger partial charge is 0.416 e. The van der Waals surface area contributed by atoms with E-state index in [-0.39, 0.29) is 11.5 Å². The Bertz CT molecular complexity index is 592. The van der Waals surface area contributed by atoms with E-state index in [0.29, 0.717) is 0 Å². The van der Waals surface area contributed by atoms with Crippen molar-refractivity contribution < 1.29 is 22.4 Å². The number of rotatable bonds is 2. The highest BCUT2D eigenvalue weighted by Crippen LogP contribution is 2.31. The summed E-state index contributed by atoms with van der Waals surface area (Å²) >= 11 is 0. The van der Waals surface area contributed by atoms with Crippen molar-refractivity contribution in [3.8, 4) is 11.5 Å². The molecule has 1 amide bonds. The topological polar surface area (TPSA) is 82.0 Å². The standard InChI is InChI=1S/C10H6F3N3O2/c11-10(12,13)6-3-1-2-5(4-6)8-15-16-9(18-8)7(14)17/h1-4H,(H2,14,17). The lowest BCUT2D eigenvalue weighted by molar-refractivity contribution is -0.137. The highest BCUT2D eigenvalue weighted by molar-refractivity contribution is 5.88. The fraction of sp³-hybridized carbons (Fsp3) is 0.100. The Labute approximate surface area is 98.4 Å². The minimum absolute atomic E-state index is 0.0600. The summed E-state index contributed by atoms with van der Waals surface area (Å²) in [5, 5.41) is 6.76. The molecule has 0 fully saturated rings. The molecule has 5 nitrogen and oxygen atoms in total. The molecule has 0 aliphatic carbocycles. The van der Waals surface area contributed by atoms with Gasteiger partial charge in [-0.05, 0) is 18.2 Å². The molecule has 18 heavy (non-hydrogen) atoms. The first kappa shape index (κ1) is 12.1. The van der Waals surface area contributed by atoms with Crippen LogP contribution in [-0.2, 0) is 6.18 Å². The Morgan fingerprint density at radius 1 is 1.28 bits per heavy atom. The van der Waals surface area contributed by atoms with Gasteiger partial charge in [-0.1, -0.05) is 6.07 Å². The molecule has 0 atom stereocenters. The van der Waals surface area contributed by atoms with Crippen molar-refractivity contribution in [2.75, 3.05) is 0 Å². The van der Waals surface area contributed by atoms with Crippen LogP contribution in [0.1, 0.15) is 16.2 Å². The highest BCUT2D eigenvalue weighted by Gasteiger charge is 2.30. The first-order chi connectivity index (χ1) is 8.38. The van der Waals surface area contributed by atoms with Gasteiger partial charge in [0.2, 0.25) is 5.89 Å². The van der Waals surface area contributed by atoms with Crippen molar-refractivity contribution >= 4 is 5.91 Å². The average Bonchev–Trinajstić information content (AvgIpc) is 2.77. The van der Waals surface area contributed by atoms with E-state index < -0.39 is 23.5 Å². The highest BCUT2D eigenvalue weighted by atomic mass is 19.4. The summed E-state index contributed by atoms with van der Waals surface area (Å²) < 4.78 is 42.3. The molecule has 2 N–H and O–H groups in total. The number of primary amides is 1. The second-order valence-corrected chi connectivity index (χ2v) is 3.36. The van der Waals surface area contributed by atoms with E-state index in [1.54, 1.807) is 0 Å². The van der Waals surface area contributed by atoms with Crippen molar-refractivity contribution in [3.05, 3.63) is 35.7 Å². The molecule has 0 saturated heterocycles. The van der Waals surface area contributed by atoms with E-state index in [1.165, 1.54) is 12.1 Å². The normalized spacial score (nSPS) is 11.5. The first-order valence-electron chi connectivity index (χ1n) is 4.69. The zero-order valence-corrected chi connectivity index (χ0v) is 8.73. The maximum atomic E-state index is 12.5. The SMILES string of the molecule is NC(=O)c1nnc(-c2cccc(C(F)(F)F)c2)o1. The van der Waals surface area contributed by atoms with Crippen LogP contribution in [0.2, 0.25) is 0 Å². The summed E-state index contributed by atoms with van der Waals surface area (Å²) in [6.07, 6.45) is -4.47. The number of nitrogens with two attached hydrogens (primary N) is 1. The third kappa shape index (κ3) is 2.31. The van der Waals surface area contributed by atoms with Gasteiger partial charge in [-0.3, -0.25) is 4.79 Å². The average molecular weight is 257 g/mol. The number of benzene rings is 1.